The van der Waals surface area contributed by atoms with Gasteiger partial charge in [0, 0.05) is 12.5 Å². The lowest BCUT2D eigenvalue weighted by Crippen LogP contribution is -2.53. The number of carbonyl (C=O) groups excluding carboxylic acids is 3. The Kier molecular flexibility index (Phi) is 5.39. The molecule has 5 rings (SSSR count). The molecule has 0 bridgehead atoms. The number of piperidine rings is 1. The number of nitrogens with zero attached hydrogens (tertiary/aromatic N) is 3. The van der Waals surface area contributed by atoms with Gasteiger partial charge in [-0.2, -0.15) is 5.01 Å². The summed E-state index contributed by atoms with van der Waals surface area (Å²) in [5, 5.41) is 4.82. The number of hydrogen-bond acceptors (Lipinski definition) is 6. The second-order valence-corrected chi connectivity index (χ2v) is 9.90. The molecular weight excluding hydrogens is 414 g/mol. The van der Waals surface area contributed by atoms with Gasteiger partial charge in [-0.25, -0.2) is 9.78 Å². The van der Waals surface area contributed by atoms with Crippen LogP contribution < -0.4 is 10.7 Å². The van der Waals surface area contributed by atoms with Crippen LogP contribution in [0.5, 0.6) is 0 Å². The number of rotatable bonds is 4. The molecule has 4 amide bonds. The third kappa shape index (κ3) is 3.92. The van der Waals surface area contributed by atoms with Gasteiger partial charge >= 0.3 is 6.03 Å². The highest BCUT2D eigenvalue weighted by Crippen LogP contribution is 2.34. The summed E-state index contributed by atoms with van der Waals surface area (Å²) < 4.78 is 1.18. The Balaban J connectivity index is 1.20. The molecule has 2 aromatic rings. The van der Waals surface area contributed by atoms with Crippen LogP contribution in [0.25, 0.3) is 10.2 Å². The van der Waals surface area contributed by atoms with E-state index in [4.69, 9.17) is 4.98 Å². The number of thiazole rings is 1. The van der Waals surface area contributed by atoms with Gasteiger partial charge < -0.3 is 5.32 Å². The molecule has 3 heterocycles. The normalized spacial score (nSPS) is 24.0. The van der Waals surface area contributed by atoms with Crippen molar-refractivity contribution in [1.29, 1.82) is 0 Å². The third-order valence-corrected chi connectivity index (χ3v) is 7.84. The molecule has 1 aromatic heterocycles. The molecule has 3 fully saturated rings. The molecule has 164 valence electrons. The number of carbonyl (C=O) groups is 3. The smallest absolute Gasteiger partial charge is 0.322 e. The number of likely N-dealkylation sites (tertiary alicyclic amines) is 1. The number of amides is 4. The zero-order chi connectivity index (χ0) is 21.4. The topological polar surface area (TPSA) is 94.6 Å². The average Bonchev–Trinajstić information content (AvgIpc) is 3.30. The van der Waals surface area contributed by atoms with Crippen LogP contribution in [0.3, 0.4) is 0 Å². The van der Waals surface area contributed by atoms with Crippen LogP contribution in [-0.4, -0.2) is 57.9 Å². The first-order chi connectivity index (χ1) is 15.0. The van der Waals surface area contributed by atoms with Gasteiger partial charge in [0.2, 0.25) is 0 Å². The Morgan fingerprint density at radius 3 is 2.81 bits per heavy atom. The van der Waals surface area contributed by atoms with Crippen LogP contribution >= 0.6 is 11.3 Å². The summed E-state index contributed by atoms with van der Waals surface area (Å²) in [5.41, 5.74) is 2.74. The first-order valence-electron chi connectivity index (χ1n) is 11.1. The van der Waals surface area contributed by atoms with E-state index in [2.05, 4.69) is 21.7 Å². The zero-order valence-corrected chi connectivity index (χ0v) is 18.2. The lowest BCUT2D eigenvalue weighted by Gasteiger charge is -2.32. The number of urea groups is 1. The molecule has 31 heavy (non-hydrogen) atoms. The van der Waals surface area contributed by atoms with Crippen molar-refractivity contribution >= 4 is 39.4 Å². The van der Waals surface area contributed by atoms with Crippen LogP contribution in [0.15, 0.2) is 24.3 Å². The lowest BCUT2D eigenvalue weighted by atomic mass is 9.82. The molecule has 0 radical (unpaired) electrons. The second kappa shape index (κ2) is 8.20. The highest BCUT2D eigenvalue weighted by Gasteiger charge is 2.52. The first-order valence-corrected chi connectivity index (χ1v) is 11.9. The molecule has 9 heteroatoms. The van der Waals surface area contributed by atoms with Crippen molar-refractivity contribution in [2.45, 2.75) is 56.4 Å². The number of imide groups is 1. The van der Waals surface area contributed by atoms with Crippen LogP contribution in [0.1, 0.15) is 55.9 Å². The minimum Gasteiger partial charge on any atom is -0.322 e. The molecule has 0 unspecified atom stereocenters. The maximum Gasteiger partial charge on any atom is 0.344 e. The van der Waals surface area contributed by atoms with E-state index in [-0.39, 0.29) is 18.4 Å². The Morgan fingerprint density at radius 2 is 2.00 bits per heavy atom. The van der Waals surface area contributed by atoms with Crippen molar-refractivity contribution in [3.63, 3.8) is 0 Å². The first kappa shape index (κ1) is 20.4. The highest BCUT2D eigenvalue weighted by atomic mass is 32.1. The van der Waals surface area contributed by atoms with Crippen LogP contribution in [0.2, 0.25) is 0 Å². The van der Waals surface area contributed by atoms with E-state index < -0.39 is 11.6 Å². The molecule has 1 aromatic carbocycles. The SMILES string of the molecule is O=C(CN1CCC[C@@H](c2nc3ccccc3s2)C1)NN1C(=O)NC2(CCCCC2)C1=O. The van der Waals surface area contributed by atoms with Crippen molar-refractivity contribution in [2.75, 3.05) is 19.6 Å². The summed E-state index contributed by atoms with van der Waals surface area (Å²) in [4.78, 5) is 44.8. The molecule has 2 saturated heterocycles. The average molecular weight is 442 g/mol. The summed E-state index contributed by atoms with van der Waals surface area (Å²) in [6.07, 6.45) is 6.21. The summed E-state index contributed by atoms with van der Waals surface area (Å²) in [6, 6.07) is 7.61. The van der Waals surface area contributed by atoms with Crippen molar-refractivity contribution in [1.82, 2.24) is 25.6 Å². The zero-order valence-electron chi connectivity index (χ0n) is 17.4. The van der Waals surface area contributed by atoms with E-state index in [1.54, 1.807) is 11.3 Å². The van der Waals surface area contributed by atoms with Gasteiger partial charge in [0.15, 0.2) is 0 Å². The van der Waals surface area contributed by atoms with Gasteiger partial charge in [0.05, 0.1) is 21.8 Å². The van der Waals surface area contributed by atoms with E-state index in [0.29, 0.717) is 18.8 Å². The number of hydrogen-bond donors (Lipinski definition) is 2. The maximum absolute atomic E-state index is 12.9. The van der Waals surface area contributed by atoms with Gasteiger partial charge in [-0.1, -0.05) is 31.4 Å². The predicted octanol–water partition coefficient (Wildman–Crippen LogP) is 2.76. The van der Waals surface area contributed by atoms with E-state index in [1.165, 1.54) is 4.70 Å². The molecule has 2 N–H and O–H groups in total. The molecule has 1 spiro atoms. The minimum atomic E-state index is -0.828. The number of fused-ring (bicyclic) bond motifs is 1. The van der Waals surface area contributed by atoms with Crippen molar-refractivity contribution in [3.05, 3.63) is 29.3 Å². The molecule has 2 aliphatic heterocycles. The summed E-state index contributed by atoms with van der Waals surface area (Å²) in [6.45, 7) is 1.72. The summed E-state index contributed by atoms with van der Waals surface area (Å²) >= 11 is 1.72. The molecular formula is C22H27N5O3S. The standard InChI is InChI=1S/C22H27N5O3S/c28-18(25-27-20(29)22(24-21(27)30)10-4-1-5-11-22)14-26-12-6-7-15(13-26)19-23-16-8-2-3-9-17(16)31-19/h2-3,8-9,15H,1,4-7,10-14H2,(H,24,30)(H,25,28)/t15-/m1/s1. The minimum absolute atomic E-state index is 0.158. The molecule has 1 saturated carbocycles. The molecule has 1 atom stereocenters. The number of aromatic nitrogens is 1. The van der Waals surface area contributed by atoms with E-state index in [1.807, 2.05) is 18.2 Å². The molecule has 1 aliphatic carbocycles. The number of hydrazine groups is 1. The predicted molar refractivity (Wildman–Crippen MR) is 117 cm³/mol. The van der Waals surface area contributed by atoms with Crippen molar-refractivity contribution in [3.8, 4) is 0 Å². The lowest BCUT2D eigenvalue weighted by molar-refractivity contribution is -0.140. The fraction of sp³-hybridized carbons (Fsp3) is 0.545. The van der Waals surface area contributed by atoms with Crippen LogP contribution in [0, 0.1) is 0 Å². The van der Waals surface area contributed by atoms with Crippen molar-refractivity contribution in [2.24, 2.45) is 0 Å². The largest absolute Gasteiger partial charge is 0.344 e. The van der Waals surface area contributed by atoms with E-state index in [9.17, 15) is 14.4 Å². The fourth-order valence-electron chi connectivity index (χ4n) is 5.04. The van der Waals surface area contributed by atoms with E-state index >= 15 is 0 Å². The second-order valence-electron chi connectivity index (χ2n) is 8.84. The van der Waals surface area contributed by atoms with Gasteiger partial charge in [-0.05, 0) is 44.4 Å². The Labute approximate surface area is 185 Å². The van der Waals surface area contributed by atoms with Gasteiger partial charge in [-0.15, -0.1) is 11.3 Å². The molecule has 3 aliphatic rings. The van der Waals surface area contributed by atoms with Gasteiger partial charge in [0.25, 0.3) is 11.8 Å². The quantitative estimate of drug-likeness (QED) is 0.712. The Bertz CT molecular complexity index is 982. The number of benzene rings is 1. The van der Waals surface area contributed by atoms with Crippen molar-refractivity contribution < 1.29 is 14.4 Å². The maximum atomic E-state index is 12.9. The summed E-state index contributed by atoms with van der Waals surface area (Å²) in [5.74, 6) is -0.362. The summed E-state index contributed by atoms with van der Waals surface area (Å²) in [7, 11) is 0. The fourth-order valence-corrected chi connectivity index (χ4v) is 6.14. The number of nitrogens with one attached hydrogen (secondary N) is 2. The highest BCUT2D eigenvalue weighted by molar-refractivity contribution is 7.18. The van der Waals surface area contributed by atoms with E-state index in [0.717, 1.165) is 60.7 Å². The van der Waals surface area contributed by atoms with Gasteiger partial charge in [-0.3, -0.25) is 19.9 Å². The van der Waals surface area contributed by atoms with Crippen LogP contribution in [-0.2, 0) is 9.59 Å². The third-order valence-electron chi connectivity index (χ3n) is 6.64. The Morgan fingerprint density at radius 1 is 1.19 bits per heavy atom. The number of para-hydroxylation sites is 1. The monoisotopic (exact) mass is 441 g/mol. The molecule has 8 nitrogen and oxygen atoms in total. The van der Waals surface area contributed by atoms with Crippen LogP contribution in [0.4, 0.5) is 4.79 Å². The Hall–Kier alpha value is -2.52. The van der Waals surface area contributed by atoms with Gasteiger partial charge in [0.1, 0.15) is 5.54 Å².